The van der Waals surface area contributed by atoms with Crippen molar-refractivity contribution < 1.29 is 45.5 Å². The van der Waals surface area contributed by atoms with Crippen LogP contribution in [0.25, 0.3) is 10.9 Å². The second-order valence-corrected chi connectivity index (χ2v) is 4.03. The molecule has 0 saturated heterocycles. The van der Waals surface area contributed by atoms with E-state index >= 15 is 0 Å². The number of carboxylic acids is 1. The Hall–Kier alpha value is -0.615. The van der Waals surface area contributed by atoms with Crippen LogP contribution in [0.3, 0.4) is 0 Å². The molecule has 4 nitrogen and oxygen atoms in total. The number of aliphatic carboxylic acids is 1. The summed E-state index contributed by atoms with van der Waals surface area (Å²) < 4.78 is 0. The van der Waals surface area contributed by atoms with Gasteiger partial charge in [-0.3, -0.25) is 4.79 Å². The average molecular weight is 354 g/mol. The van der Waals surface area contributed by atoms with Crippen molar-refractivity contribution in [2.45, 2.75) is 19.0 Å². The maximum atomic E-state index is 10.9. The van der Waals surface area contributed by atoms with E-state index in [1.807, 2.05) is 24.3 Å². The molecule has 0 spiro atoms. The van der Waals surface area contributed by atoms with Crippen LogP contribution in [0.5, 0.6) is 0 Å². The summed E-state index contributed by atoms with van der Waals surface area (Å²) in [5, 5.41) is 13.1. The second kappa shape index (κ2) is 4.94. The van der Waals surface area contributed by atoms with Gasteiger partial charge in [0.05, 0.1) is 0 Å². The van der Waals surface area contributed by atoms with E-state index in [1.54, 1.807) is 0 Å². The molecule has 0 amide bonds. The maximum absolute atomic E-state index is 10.9. The minimum atomic E-state index is -0.795. The molecule has 1 aliphatic heterocycles. The van der Waals surface area contributed by atoms with Crippen LogP contribution in [0.4, 0.5) is 0 Å². The van der Waals surface area contributed by atoms with Gasteiger partial charge in [-0.1, -0.05) is 29.8 Å². The van der Waals surface area contributed by atoms with Crippen molar-refractivity contribution in [3.63, 3.8) is 0 Å². The number of nitrogens with zero attached hydrogens (tertiary/aromatic N) is 1. The summed E-state index contributed by atoms with van der Waals surface area (Å²) in [6, 6.07) is 7.39. The molecule has 0 fully saturated rings. The molecule has 85 valence electrons. The van der Waals surface area contributed by atoms with Crippen LogP contribution in [-0.4, -0.2) is 17.1 Å². The Morgan fingerprint density at radius 2 is 2.18 bits per heavy atom. The van der Waals surface area contributed by atoms with Crippen LogP contribution in [0.15, 0.2) is 24.3 Å². The van der Waals surface area contributed by atoms with Crippen LogP contribution in [0, 0.1) is 35.6 Å². The molecule has 2 N–H and O–H groups in total. The molecule has 1 aliphatic rings. The molecular weight excluding hydrogens is 343 g/mol. The Labute approximate surface area is 126 Å². The third-order valence-electron chi connectivity index (χ3n) is 3.06. The van der Waals surface area contributed by atoms with Crippen LogP contribution in [-0.2, 0) is 17.8 Å². The summed E-state index contributed by atoms with van der Waals surface area (Å²) >= 11 is 0. The predicted molar refractivity (Wildman–Crippen MR) is 59.2 cm³/mol. The van der Waals surface area contributed by atoms with Crippen molar-refractivity contribution in [1.82, 2.24) is 10.3 Å². The number of hydrogen-bond donors (Lipinski definition) is 2. The van der Waals surface area contributed by atoms with Gasteiger partial charge in [0.15, 0.2) is 0 Å². The third kappa shape index (κ3) is 2.20. The molecule has 5 heteroatoms. The number of nitrogens with one attached hydrogen (secondary N) is 1. The number of fused-ring (bicyclic) bond motifs is 3. The largest absolute Gasteiger partial charge is 0.660 e. The van der Waals surface area contributed by atoms with Gasteiger partial charge < -0.3 is 15.4 Å². The summed E-state index contributed by atoms with van der Waals surface area (Å²) in [6.45, 7) is 0.543. The molecular formula is C12H11LaN2O2-. The van der Waals surface area contributed by atoms with E-state index in [1.165, 1.54) is 0 Å². The molecule has 2 heterocycles. The number of aromatic nitrogens is 1. The van der Waals surface area contributed by atoms with Gasteiger partial charge in [0, 0.05) is 42.1 Å². The van der Waals surface area contributed by atoms with Gasteiger partial charge in [0.25, 0.3) is 0 Å². The van der Waals surface area contributed by atoms with Gasteiger partial charge >= 0.3 is 5.97 Å². The monoisotopic (exact) mass is 354 g/mol. The van der Waals surface area contributed by atoms with Gasteiger partial charge in [0.1, 0.15) is 6.04 Å². The van der Waals surface area contributed by atoms with Crippen molar-refractivity contribution in [1.29, 1.82) is 0 Å². The van der Waals surface area contributed by atoms with E-state index in [2.05, 4.69) is 10.3 Å². The first-order valence-electron chi connectivity index (χ1n) is 5.25. The molecule has 0 aliphatic carbocycles. The quantitative estimate of drug-likeness (QED) is 0.799. The number of benzene rings is 1. The Balaban J connectivity index is 0.00000108. The van der Waals surface area contributed by atoms with Crippen LogP contribution in [0.1, 0.15) is 11.3 Å². The van der Waals surface area contributed by atoms with Crippen LogP contribution >= 0.6 is 0 Å². The summed E-state index contributed by atoms with van der Waals surface area (Å²) in [5.41, 5.74) is 3.03. The zero-order chi connectivity index (χ0) is 11.1. The van der Waals surface area contributed by atoms with Crippen molar-refractivity contribution in [3.05, 3.63) is 35.5 Å². The number of rotatable bonds is 1. The van der Waals surface area contributed by atoms with Crippen molar-refractivity contribution in [3.8, 4) is 0 Å². The Bertz CT molecular complexity index is 565. The smallest absolute Gasteiger partial charge is 0.321 e. The number of carboxylic acid groups (broad SMARTS) is 1. The zero-order valence-corrected chi connectivity index (χ0v) is 12.8. The molecule has 1 aromatic carbocycles. The fourth-order valence-corrected chi connectivity index (χ4v) is 2.24. The summed E-state index contributed by atoms with van der Waals surface area (Å²) in [7, 11) is 0. The summed E-state index contributed by atoms with van der Waals surface area (Å²) in [4.78, 5) is 15.4. The molecule has 1 radical (unpaired) electrons. The SMILES string of the molecule is O=C(O)[C@@H]1Cc2c([n-]c3ccccc23)CN1.[La]. The van der Waals surface area contributed by atoms with Gasteiger partial charge in [0.2, 0.25) is 0 Å². The first-order chi connectivity index (χ1) is 7.75. The minimum absolute atomic E-state index is 0. The molecule has 0 saturated carbocycles. The van der Waals surface area contributed by atoms with Crippen LogP contribution < -0.4 is 10.3 Å². The number of para-hydroxylation sites is 1. The maximum Gasteiger partial charge on any atom is 0.321 e. The van der Waals surface area contributed by atoms with E-state index in [9.17, 15) is 4.79 Å². The molecule has 0 unspecified atom stereocenters. The van der Waals surface area contributed by atoms with E-state index < -0.39 is 12.0 Å². The van der Waals surface area contributed by atoms with Crippen LogP contribution in [0.2, 0.25) is 0 Å². The van der Waals surface area contributed by atoms with E-state index in [4.69, 9.17) is 5.11 Å². The van der Waals surface area contributed by atoms with Gasteiger partial charge in [-0.05, 0) is 11.8 Å². The molecule has 0 bridgehead atoms. The van der Waals surface area contributed by atoms with Gasteiger partial charge in [-0.15, -0.1) is 11.2 Å². The Kier molecular flexibility index (Phi) is 3.73. The molecule has 3 rings (SSSR count). The van der Waals surface area contributed by atoms with E-state index in [-0.39, 0.29) is 35.6 Å². The van der Waals surface area contributed by atoms with Gasteiger partial charge in [-0.2, -0.15) is 0 Å². The first kappa shape index (κ1) is 12.8. The fourth-order valence-electron chi connectivity index (χ4n) is 2.24. The Morgan fingerprint density at radius 1 is 1.41 bits per heavy atom. The average Bonchev–Trinajstić information content (AvgIpc) is 2.66. The third-order valence-corrected chi connectivity index (χ3v) is 3.06. The second-order valence-electron chi connectivity index (χ2n) is 4.03. The number of carbonyl (C=O) groups is 1. The standard InChI is InChI=1S/C12H11N2O2.La/c15-12(16)10-5-8-7-3-1-2-4-9(7)14-11(8)6-13-10;/h1-4,10,13H,5-6H2,(H,15,16);/q-1;/t10-;/m0./s1. The number of hydrogen-bond acceptors (Lipinski definition) is 2. The van der Waals surface area contributed by atoms with Crippen molar-refractivity contribution in [2.75, 3.05) is 0 Å². The molecule has 17 heavy (non-hydrogen) atoms. The topological polar surface area (TPSA) is 63.4 Å². The fraction of sp³-hybridized carbons (Fsp3) is 0.250. The first-order valence-corrected chi connectivity index (χ1v) is 5.25. The van der Waals surface area contributed by atoms with E-state index in [0.29, 0.717) is 13.0 Å². The molecule has 1 atom stereocenters. The predicted octanol–water partition coefficient (Wildman–Crippen LogP) is 0.896. The van der Waals surface area contributed by atoms with Gasteiger partial charge in [-0.25, -0.2) is 0 Å². The summed E-state index contributed by atoms with van der Waals surface area (Å²) in [5.74, 6) is -0.795. The zero-order valence-electron chi connectivity index (χ0n) is 9.18. The molecule has 2 aromatic rings. The Morgan fingerprint density at radius 3 is 2.94 bits per heavy atom. The molecule has 1 aromatic heterocycles. The van der Waals surface area contributed by atoms with Crippen molar-refractivity contribution in [2.24, 2.45) is 0 Å². The summed E-state index contributed by atoms with van der Waals surface area (Å²) in [6.07, 6.45) is 0.519. The minimum Gasteiger partial charge on any atom is -0.660 e. The normalized spacial score (nSPS) is 18.5. The van der Waals surface area contributed by atoms with Crippen molar-refractivity contribution >= 4 is 16.9 Å². The van der Waals surface area contributed by atoms with E-state index in [0.717, 1.165) is 22.2 Å².